The second kappa shape index (κ2) is 5.87. The van der Waals surface area contributed by atoms with E-state index in [0.717, 1.165) is 39.8 Å². The third-order valence-electron chi connectivity index (χ3n) is 4.03. The first-order chi connectivity index (χ1) is 11.0. The van der Waals surface area contributed by atoms with Crippen molar-refractivity contribution < 1.29 is 9.53 Å². The average molecular weight is 312 g/mol. The van der Waals surface area contributed by atoms with Gasteiger partial charge in [0.05, 0.1) is 24.9 Å². The van der Waals surface area contributed by atoms with Crippen molar-refractivity contribution in [2.45, 2.75) is 33.4 Å². The van der Waals surface area contributed by atoms with Crippen LogP contribution in [0.5, 0.6) is 5.75 Å². The van der Waals surface area contributed by atoms with Crippen LogP contribution in [-0.4, -0.2) is 29.0 Å². The molecule has 0 spiro atoms. The molecule has 3 rings (SSSR count). The topological polar surface area (TPSA) is 76.1 Å². The number of aromatic nitrogens is 2. The van der Waals surface area contributed by atoms with E-state index in [1.807, 2.05) is 32.9 Å². The molecule has 2 N–H and O–H groups in total. The second-order valence-electron chi connectivity index (χ2n) is 5.76. The highest BCUT2D eigenvalue weighted by Gasteiger charge is 2.27. The van der Waals surface area contributed by atoms with Gasteiger partial charge in [-0.1, -0.05) is 0 Å². The lowest BCUT2D eigenvalue weighted by atomic mass is 10.1. The Labute approximate surface area is 135 Å². The molecule has 3 heterocycles. The summed E-state index contributed by atoms with van der Waals surface area (Å²) >= 11 is 0. The number of fused-ring (bicyclic) bond motifs is 1. The number of ketones is 1. The fourth-order valence-corrected chi connectivity index (χ4v) is 2.79. The number of nitrogens with zero attached hydrogens (tertiary/aromatic N) is 2. The van der Waals surface area contributed by atoms with E-state index in [4.69, 9.17) is 4.74 Å². The lowest BCUT2D eigenvalue weighted by molar-refractivity contribution is -0.118. The average Bonchev–Trinajstić information content (AvgIpc) is 2.93. The summed E-state index contributed by atoms with van der Waals surface area (Å²) in [4.78, 5) is 21.3. The molecule has 6 nitrogen and oxygen atoms in total. The third kappa shape index (κ3) is 2.84. The maximum absolute atomic E-state index is 12.6. The molecule has 1 aliphatic heterocycles. The van der Waals surface area contributed by atoms with Crippen LogP contribution in [0.3, 0.4) is 0 Å². The molecule has 0 saturated heterocycles. The van der Waals surface area contributed by atoms with Crippen molar-refractivity contribution in [3.63, 3.8) is 0 Å². The molecule has 2 aromatic rings. The zero-order valence-electron chi connectivity index (χ0n) is 13.7. The van der Waals surface area contributed by atoms with Crippen molar-refractivity contribution in [2.24, 2.45) is 0 Å². The largest absolute Gasteiger partial charge is 0.496 e. The molecule has 0 amide bonds. The number of Topliss-reactive ketones (excluding diaryl/α,β-unsaturated/α-hetero) is 1. The van der Waals surface area contributed by atoms with Gasteiger partial charge in [-0.25, -0.2) is 4.98 Å². The molecule has 0 aliphatic carbocycles. The standard InChI is InChI=1S/C17H20N4O2/c1-9-8-18-13(11(3)15(9)23-4)7-14(22)17-20-12-6-5-10(2)19-16(12)21-17/h5-6,8,17,20H,7H2,1-4H3,(H,19,21). The van der Waals surface area contributed by atoms with Gasteiger partial charge in [0.1, 0.15) is 5.75 Å². The Bertz CT molecular complexity index is 773. The molecule has 1 aliphatic rings. The van der Waals surface area contributed by atoms with E-state index < -0.39 is 6.17 Å². The number of hydrogen-bond acceptors (Lipinski definition) is 6. The van der Waals surface area contributed by atoms with Crippen molar-refractivity contribution >= 4 is 17.3 Å². The monoisotopic (exact) mass is 312 g/mol. The van der Waals surface area contributed by atoms with Crippen LogP contribution in [0.15, 0.2) is 18.3 Å². The zero-order chi connectivity index (χ0) is 16.6. The first-order valence-electron chi connectivity index (χ1n) is 7.52. The summed E-state index contributed by atoms with van der Waals surface area (Å²) in [6.07, 6.45) is 1.50. The number of carbonyl (C=O) groups is 1. The normalized spacial score (nSPS) is 15.6. The van der Waals surface area contributed by atoms with Crippen molar-refractivity contribution in [1.29, 1.82) is 0 Å². The number of hydrogen-bond donors (Lipinski definition) is 2. The van der Waals surface area contributed by atoms with Crippen molar-refractivity contribution in [1.82, 2.24) is 9.97 Å². The van der Waals surface area contributed by atoms with Crippen LogP contribution in [-0.2, 0) is 11.2 Å². The van der Waals surface area contributed by atoms with E-state index in [9.17, 15) is 4.79 Å². The number of anilines is 2. The Morgan fingerprint density at radius 1 is 1.26 bits per heavy atom. The summed E-state index contributed by atoms with van der Waals surface area (Å²) in [5.41, 5.74) is 4.36. The smallest absolute Gasteiger partial charge is 0.181 e. The van der Waals surface area contributed by atoms with Crippen LogP contribution in [0.2, 0.25) is 0 Å². The molecular weight excluding hydrogens is 292 g/mol. The van der Waals surface area contributed by atoms with Gasteiger partial charge in [-0.15, -0.1) is 0 Å². The number of ether oxygens (including phenoxy) is 1. The number of methoxy groups -OCH3 is 1. The Hall–Kier alpha value is -2.63. The lowest BCUT2D eigenvalue weighted by Crippen LogP contribution is -2.34. The number of aryl methyl sites for hydroxylation is 2. The molecule has 1 unspecified atom stereocenters. The van der Waals surface area contributed by atoms with Gasteiger partial charge in [0.15, 0.2) is 17.8 Å². The minimum absolute atomic E-state index is 0.0159. The van der Waals surface area contributed by atoms with E-state index in [-0.39, 0.29) is 12.2 Å². The highest BCUT2D eigenvalue weighted by molar-refractivity contribution is 5.94. The number of carbonyl (C=O) groups excluding carboxylic acids is 1. The van der Waals surface area contributed by atoms with Crippen LogP contribution in [0.1, 0.15) is 22.5 Å². The van der Waals surface area contributed by atoms with Gasteiger partial charge in [0.25, 0.3) is 0 Å². The fraction of sp³-hybridized carbons (Fsp3) is 0.353. The first kappa shape index (κ1) is 15.3. The van der Waals surface area contributed by atoms with E-state index in [0.29, 0.717) is 0 Å². The Morgan fingerprint density at radius 2 is 2.04 bits per heavy atom. The summed E-state index contributed by atoms with van der Waals surface area (Å²) < 4.78 is 5.39. The molecule has 1 atom stereocenters. The SMILES string of the molecule is COc1c(C)cnc(CC(=O)C2Nc3ccc(C)nc3N2)c1C. The van der Waals surface area contributed by atoms with Crippen molar-refractivity contribution in [3.05, 3.63) is 40.8 Å². The predicted octanol–water partition coefficient (Wildman–Crippen LogP) is 2.39. The van der Waals surface area contributed by atoms with Gasteiger partial charge in [-0.3, -0.25) is 9.78 Å². The van der Waals surface area contributed by atoms with Crippen LogP contribution < -0.4 is 15.4 Å². The fourth-order valence-electron chi connectivity index (χ4n) is 2.79. The molecule has 23 heavy (non-hydrogen) atoms. The Balaban J connectivity index is 1.77. The van der Waals surface area contributed by atoms with Gasteiger partial charge in [-0.2, -0.15) is 0 Å². The molecule has 2 aromatic heterocycles. The minimum Gasteiger partial charge on any atom is -0.496 e. The van der Waals surface area contributed by atoms with Crippen LogP contribution in [0, 0.1) is 20.8 Å². The summed E-state index contributed by atoms with van der Waals surface area (Å²) in [7, 11) is 1.63. The van der Waals surface area contributed by atoms with E-state index in [1.165, 1.54) is 0 Å². The number of nitrogens with one attached hydrogen (secondary N) is 2. The molecule has 0 radical (unpaired) electrons. The van der Waals surface area contributed by atoms with E-state index in [2.05, 4.69) is 20.6 Å². The quantitative estimate of drug-likeness (QED) is 0.903. The molecule has 0 aromatic carbocycles. The third-order valence-corrected chi connectivity index (χ3v) is 4.03. The zero-order valence-corrected chi connectivity index (χ0v) is 13.7. The van der Waals surface area contributed by atoms with Crippen LogP contribution in [0.25, 0.3) is 0 Å². The summed E-state index contributed by atoms with van der Waals surface area (Å²) in [5, 5.41) is 6.28. The molecule has 0 saturated carbocycles. The first-order valence-corrected chi connectivity index (χ1v) is 7.52. The molecule has 0 bridgehead atoms. The summed E-state index contributed by atoms with van der Waals surface area (Å²) in [5.74, 6) is 1.52. The highest BCUT2D eigenvalue weighted by Crippen LogP contribution is 2.28. The van der Waals surface area contributed by atoms with Crippen molar-refractivity contribution in [3.8, 4) is 5.75 Å². The van der Waals surface area contributed by atoms with Gasteiger partial charge >= 0.3 is 0 Å². The van der Waals surface area contributed by atoms with Crippen LogP contribution in [0.4, 0.5) is 11.5 Å². The number of pyridine rings is 2. The van der Waals surface area contributed by atoms with Crippen LogP contribution >= 0.6 is 0 Å². The minimum atomic E-state index is -0.479. The maximum atomic E-state index is 12.6. The molecule has 0 fully saturated rings. The highest BCUT2D eigenvalue weighted by atomic mass is 16.5. The van der Waals surface area contributed by atoms with Gasteiger partial charge < -0.3 is 15.4 Å². The number of rotatable bonds is 4. The predicted molar refractivity (Wildman–Crippen MR) is 89.0 cm³/mol. The molecule has 120 valence electrons. The van der Waals surface area contributed by atoms with Gasteiger partial charge in [0, 0.05) is 23.0 Å². The van der Waals surface area contributed by atoms with Gasteiger partial charge in [0.2, 0.25) is 0 Å². The molecular formula is C17H20N4O2. The van der Waals surface area contributed by atoms with E-state index >= 15 is 0 Å². The Morgan fingerprint density at radius 3 is 2.78 bits per heavy atom. The van der Waals surface area contributed by atoms with Gasteiger partial charge in [-0.05, 0) is 32.9 Å². The van der Waals surface area contributed by atoms with E-state index in [1.54, 1.807) is 13.3 Å². The Kier molecular flexibility index (Phi) is 3.90. The summed E-state index contributed by atoms with van der Waals surface area (Å²) in [6.45, 7) is 5.79. The maximum Gasteiger partial charge on any atom is 0.181 e. The van der Waals surface area contributed by atoms with Crippen molar-refractivity contribution in [2.75, 3.05) is 17.7 Å². The summed E-state index contributed by atoms with van der Waals surface area (Å²) in [6, 6.07) is 3.84. The lowest BCUT2D eigenvalue weighted by Gasteiger charge is -2.14. The molecule has 6 heteroatoms. The second-order valence-corrected chi connectivity index (χ2v) is 5.76.